The van der Waals surface area contributed by atoms with Gasteiger partial charge in [-0.1, -0.05) is 124 Å². The van der Waals surface area contributed by atoms with Crippen LogP contribution in [0.5, 0.6) is 11.5 Å². The number of aliphatic hydroxyl groups excluding tert-OH is 1. The molecule has 0 aliphatic heterocycles. The van der Waals surface area contributed by atoms with Crippen molar-refractivity contribution in [2.24, 2.45) is 0 Å². The summed E-state index contributed by atoms with van der Waals surface area (Å²) in [6.07, 6.45) is 3.05. The molecule has 0 fully saturated rings. The second-order valence-electron chi connectivity index (χ2n) is 14.4. The van der Waals surface area contributed by atoms with Gasteiger partial charge in [-0.05, 0) is 91.6 Å². The third-order valence-electron chi connectivity index (χ3n) is 9.79. The highest BCUT2D eigenvalue weighted by atomic mass is 32.1. The molecule has 0 spiro atoms. The lowest BCUT2D eigenvalue weighted by Gasteiger charge is -2.13. The van der Waals surface area contributed by atoms with E-state index in [-0.39, 0.29) is 72.7 Å². The van der Waals surface area contributed by atoms with Crippen molar-refractivity contribution in [1.82, 2.24) is 10.3 Å². The van der Waals surface area contributed by atoms with E-state index in [2.05, 4.69) is 90.9 Å². The number of hydrogen-bond acceptors (Lipinski definition) is 12. The molecule has 2 atom stereocenters. The number of hydrogen-bond donors (Lipinski definition) is 3. The second-order valence-corrected chi connectivity index (χ2v) is 16.8. The summed E-state index contributed by atoms with van der Waals surface area (Å²) >= 11 is 3.36. The summed E-state index contributed by atoms with van der Waals surface area (Å²) in [7, 11) is 0. The number of aliphatic carboxylic acids is 1. The van der Waals surface area contributed by atoms with Gasteiger partial charge in [0.1, 0.15) is 30.6 Å². The standard InChI is InChI=1S/C24H21NO4S.C14H15NO4.C12H12OS.4CH4/c1-16-2-4-18(5-3-16)23-11-10-20(30-23)15-28-19-8-6-17(7-9-19)21(14-24(26)27)22-12-13-29-25-22;1-2-18-14(17)9-12(13-7-8-19-15-13)10-3-5-11(16)6-4-10;1-9-2-4-10(5-3-9)12-7-6-11(8-13)14-12;;;;/h2-13,21H,14-15H2,1H3,(H,26,27);3-8,12,16H,2,9H2,1H3;2-7,13H,8H2,1H3;4*1H4/t21-;12-;;;;;/m00...../s1. The Morgan fingerprint density at radius 2 is 1.07 bits per heavy atom. The Hall–Kier alpha value is -6.80. The van der Waals surface area contributed by atoms with Gasteiger partial charge in [0.05, 0.1) is 37.4 Å². The molecule has 0 saturated carbocycles. The minimum Gasteiger partial charge on any atom is -0.508 e. The number of rotatable bonds is 15. The number of carbonyl (C=O) groups is 2. The average Bonchev–Trinajstić information content (AvgIpc) is 4.15. The third kappa shape index (κ3) is 16.9. The Kier molecular flexibility index (Phi) is 23.8. The molecule has 67 heavy (non-hydrogen) atoms. The van der Waals surface area contributed by atoms with Gasteiger partial charge in [0.25, 0.3) is 0 Å². The van der Waals surface area contributed by atoms with Crippen molar-refractivity contribution < 1.29 is 43.4 Å². The highest BCUT2D eigenvalue weighted by Crippen LogP contribution is 2.32. The maximum absolute atomic E-state index is 11.7. The minimum atomic E-state index is -0.884. The molecule has 0 aliphatic rings. The lowest BCUT2D eigenvalue weighted by atomic mass is 9.92. The van der Waals surface area contributed by atoms with E-state index in [1.165, 1.54) is 44.5 Å². The van der Waals surface area contributed by atoms with E-state index in [0.29, 0.717) is 24.6 Å². The van der Waals surface area contributed by atoms with E-state index in [1.807, 2.05) is 30.3 Å². The molecule has 4 aromatic carbocycles. The molecule has 4 aromatic heterocycles. The quantitative estimate of drug-likeness (QED) is 0.0837. The lowest BCUT2D eigenvalue weighted by Crippen LogP contribution is -2.11. The van der Waals surface area contributed by atoms with E-state index in [0.717, 1.165) is 26.6 Å². The van der Waals surface area contributed by atoms with Gasteiger partial charge < -0.3 is 33.8 Å². The van der Waals surface area contributed by atoms with Crippen LogP contribution >= 0.6 is 22.7 Å². The predicted octanol–water partition coefficient (Wildman–Crippen LogP) is 14.1. The van der Waals surface area contributed by atoms with Crippen LogP contribution in [0.1, 0.15) is 105 Å². The number of aliphatic hydroxyl groups is 1. The summed E-state index contributed by atoms with van der Waals surface area (Å²) in [5.41, 5.74) is 7.95. The van der Waals surface area contributed by atoms with Gasteiger partial charge in [-0.15, -0.1) is 22.7 Å². The largest absolute Gasteiger partial charge is 0.508 e. The molecule has 0 bridgehead atoms. The van der Waals surface area contributed by atoms with E-state index in [9.17, 15) is 19.8 Å². The number of benzene rings is 4. The molecular formula is C54H64N2O9S2. The molecule has 4 heterocycles. The molecule has 3 N–H and O–H groups in total. The van der Waals surface area contributed by atoms with E-state index in [4.69, 9.17) is 23.6 Å². The number of esters is 1. The number of ether oxygens (including phenoxy) is 2. The van der Waals surface area contributed by atoms with E-state index in [1.54, 1.807) is 66.0 Å². The van der Waals surface area contributed by atoms with Gasteiger partial charge >= 0.3 is 11.9 Å². The molecule has 0 unspecified atom stereocenters. The zero-order chi connectivity index (χ0) is 44.6. The van der Waals surface area contributed by atoms with Crippen molar-refractivity contribution >= 4 is 34.6 Å². The van der Waals surface area contributed by atoms with Gasteiger partial charge in [-0.3, -0.25) is 9.59 Å². The van der Waals surface area contributed by atoms with Gasteiger partial charge in [0, 0.05) is 43.5 Å². The van der Waals surface area contributed by atoms with Gasteiger partial charge in [-0.25, -0.2) is 0 Å². The smallest absolute Gasteiger partial charge is 0.306 e. The molecule has 8 aromatic rings. The summed E-state index contributed by atoms with van der Waals surface area (Å²) < 4.78 is 20.6. The number of aryl methyl sites for hydroxylation is 2. The summed E-state index contributed by atoms with van der Waals surface area (Å²) in [4.78, 5) is 27.5. The Bertz CT molecular complexity index is 2580. The summed E-state index contributed by atoms with van der Waals surface area (Å²) in [6.45, 7) is 6.90. The maximum Gasteiger partial charge on any atom is 0.306 e. The average molecular weight is 949 g/mol. The molecule has 11 nitrogen and oxygen atoms in total. The highest BCUT2D eigenvalue weighted by Gasteiger charge is 2.22. The van der Waals surface area contributed by atoms with Crippen molar-refractivity contribution in [3.63, 3.8) is 0 Å². The Labute approximate surface area is 403 Å². The van der Waals surface area contributed by atoms with Crippen LogP contribution in [0.25, 0.3) is 20.9 Å². The summed E-state index contributed by atoms with van der Waals surface area (Å²) in [5, 5.41) is 35.3. The molecular weight excluding hydrogens is 885 g/mol. The van der Waals surface area contributed by atoms with Crippen LogP contribution in [-0.2, 0) is 27.5 Å². The number of phenolic OH excluding ortho intramolecular Hbond substituents is 1. The number of phenols is 1. The van der Waals surface area contributed by atoms with Crippen molar-refractivity contribution in [2.75, 3.05) is 6.61 Å². The molecule has 8 rings (SSSR count). The number of carboxylic acids is 1. The molecule has 0 saturated heterocycles. The first-order chi connectivity index (χ1) is 30.6. The molecule has 0 amide bonds. The van der Waals surface area contributed by atoms with Gasteiger partial charge in [0.2, 0.25) is 0 Å². The molecule has 0 radical (unpaired) electrons. The maximum atomic E-state index is 11.7. The fourth-order valence-corrected chi connectivity index (χ4v) is 8.27. The highest BCUT2D eigenvalue weighted by molar-refractivity contribution is 7.15. The SMILES string of the molecule is C.C.C.C.CCOC(=O)C[C@@H](c1ccc(O)cc1)c1ccon1.Cc1ccc(-c2ccc(CO)s2)cc1.Cc1ccc(-c2ccc(COc3ccc([C@H](CC(=O)O)c4ccon4)cc3)s2)cc1. The van der Waals surface area contributed by atoms with Gasteiger partial charge in [0.15, 0.2) is 0 Å². The first kappa shape index (κ1) is 56.3. The van der Waals surface area contributed by atoms with Crippen LogP contribution < -0.4 is 4.74 Å². The Balaban J connectivity index is 0.000000361. The van der Waals surface area contributed by atoms with Crippen molar-refractivity contribution in [1.29, 1.82) is 0 Å². The van der Waals surface area contributed by atoms with Crippen LogP contribution in [0.3, 0.4) is 0 Å². The molecule has 13 heteroatoms. The number of aromatic nitrogens is 2. The Morgan fingerprint density at radius 1 is 0.612 bits per heavy atom. The Morgan fingerprint density at radius 3 is 1.51 bits per heavy atom. The lowest BCUT2D eigenvalue weighted by molar-refractivity contribution is -0.143. The predicted molar refractivity (Wildman–Crippen MR) is 271 cm³/mol. The van der Waals surface area contributed by atoms with Crippen LogP contribution in [0.2, 0.25) is 0 Å². The van der Waals surface area contributed by atoms with Crippen LogP contribution in [-0.4, -0.2) is 44.2 Å². The van der Waals surface area contributed by atoms with Crippen molar-refractivity contribution in [2.45, 2.75) is 88.4 Å². The fourth-order valence-electron chi connectivity index (χ4n) is 6.47. The second kappa shape index (κ2) is 28.3. The topological polar surface area (TPSA) is 165 Å². The zero-order valence-electron chi connectivity index (χ0n) is 35.0. The number of carboxylic acid groups (broad SMARTS) is 1. The van der Waals surface area contributed by atoms with Crippen LogP contribution in [0, 0.1) is 13.8 Å². The van der Waals surface area contributed by atoms with E-state index < -0.39 is 5.97 Å². The minimum absolute atomic E-state index is 0. The summed E-state index contributed by atoms with van der Waals surface area (Å²) in [6, 6.07) is 42.7. The number of aromatic hydroxyl groups is 1. The normalized spacial score (nSPS) is 10.9. The monoisotopic (exact) mass is 948 g/mol. The molecule has 0 aliphatic carbocycles. The third-order valence-corrected chi connectivity index (χ3v) is 12.0. The first-order valence-electron chi connectivity index (χ1n) is 20.2. The van der Waals surface area contributed by atoms with Crippen LogP contribution in [0.15, 0.2) is 155 Å². The molecule has 356 valence electrons. The number of carbonyl (C=O) groups excluding carboxylic acids is 1. The van der Waals surface area contributed by atoms with Crippen LogP contribution in [0.4, 0.5) is 0 Å². The fraction of sp³-hybridized carbons (Fsp3) is 0.259. The number of thiophene rings is 2. The first-order valence-corrected chi connectivity index (χ1v) is 21.8. The van der Waals surface area contributed by atoms with Crippen molar-refractivity contribution in [3.8, 4) is 32.4 Å². The number of nitrogens with zero attached hydrogens (tertiary/aromatic N) is 2. The van der Waals surface area contributed by atoms with E-state index >= 15 is 0 Å². The van der Waals surface area contributed by atoms with Gasteiger partial charge in [-0.2, -0.15) is 0 Å². The van der Waals surface area contributed by atoms with Crippen molar-refractivity contribution in [3.05, 3.63) is 189 Å². The summed E-state index contributed by atoms with van der Waals surface area (Å²) in [5.74, 6) is -0.853. The zero-order valence-corrected chi connectivity index (χ0v) is 36.7.